The molecule has 0 saturated carbocycles. The van der Waals surface area contributed by atoms with Gasteiger partial charge in [-0.05, 0) is 165 Å². The minimum Gasteiger partial charge on any atom is -0.309 e. The van der Waals surface area contributed by atoms with Gasteiger partial charge in [-0.25, -0.2) is 0 Å². The van der Waals surface area contributed by atoms with Crippen LogP contribution in [0, 0.1) is 0 Å². The molecule has 0 spiro atoms. The highest BCUT2D eigenvalue weighted by Crippen LogP contribution is 2.45. The van der Waals surface area contributed by atoms with E-state index >= 15 is 0 Å². The molecule has 75 heavy (non-hydrogen) atoms. The van der Waals surface area contributed by atoms with Gasteiger partial charge in [0.1, 0.15) is 0 Å². The van der Waals surface area contributed by atoms with E-state index in [-0.39, 0.29) is 0 Å². The second-order valence-corrected chi connectivity index (χ2v) is 19.5. The van der Waals surface area contributed by atoms with Gasteiger partial charge in [-0.3, -0.25) is 15.0 Å². The topological polar surface area (TPSA) is 48.5 Å². The number of rotatable bonds is 8. The van der Waals surface area contributed by atoms with E-state index in [1.807, 2.05) is 36.8 Å². The Morgan fingerprint density at radius 1 is 0.253 bits per heavy atom. The second kappa shape index (κ2) is 17.4. The molecule has 5 nitrogen and oxygen atoms in total. The lowest BCUT2D eigenvalue weighted by Gasteiger charge is -2.13. The Bertz CT molecular complexity index is 4410. The molecular formula is C70H45N5. The normalized spacial score (nSPS) is 11.9. The van der Waals surface area contributed by atoms with Crippen LogP contribution in [-0.4, -0.2) is 24.1 Å². The average Bonchev–Trinajstić information content (AvgIpc) is 4.22. The highest BCUT2D eigenvalue weighted by Gasteiger charge is 2.24. The number of fused-ring (bicyclic) bond motifs is 9. The van der Waals surface area contributed by atoms with Crippen molar-refractivity contribution < 1.29 is 0 Å². The van der Waals surface area contributed by atoms with Crippen molar-refractivity contribution in [3.8, 4) is 89.7 Å². The second-order valence-electron chi connectivity index (χ2n) is 19.5. The van der Waals surface area contributed by atoms with Crippen LogP contribution >= 0.6 is 0 Å². The number of pyridine rings is 3. The van der Waals surface area contributed by atoms with E-state index in [1.54, 1.807) is 0 Å². The van der Waals surface area contributed by atoms with Gasteiger partial charge >= 0.3 is 0 Å². The van der Waals surface area contributed by atoms with Crippen LogP contribution in [0.15, 0.2) is 261 Å². The fraction of sp³-hybridized carbons (Fsp3) is 0.0143. The van der Waals surface area contributed by atoms with Crippen molar-refractivity contribution in [3.63, 3.8) is 0 Å². The summed E-state index contributed by atoms with van der Waals surface area (Å²) in [6.45, 7) is 0. The smallest absolute Gasteiger partial charge is 0.0708 e. The fourth-order valence-electron chi connectivity index (χ4n) is 11.9. The quantitative estimate of drug-likeness (QED) is 0.152. The summed E-state index contributed by atoms with van der Waals surface area (Å²) in [5.41, 5.74) is 25.3. The van der Waals surface area contributed by atoms with E-state index in [0.717, 1.165) is 84.9 Å². The lowest BCUT2D eigenvalue weighted by molar-refractivity contribution is 1.17. The maximum absolute atomic E-state index is 4.77. The summed E-state index contributed by atoms with van der Waals surface area (Å²) in [6, 6.07) is 88.0. The van der Waals surface area contributed by atoms with E-state index in [2.05, 4.69) is 234 Å². The molecule has 0 fully saturated rings. The summed E-state index contributed by atoms with van der Waals surface area (Å²) < 4.78 is 4.91. The van der Waals surface area contributed by atoms with E-state index in [0.29, 0.717) is 0 Å². The summed E-state index contributed by atoms with van der Waals surface area (Å²) >= 11 is 0. The summed E-state index contributed by atoms with van der Waals surface area (Å²) in [7, 11) is 0. The molecule has 0 bridgehead atoms. The number of benzene rings is 9. The predicted octanol–water partition coefficient (Wildman–Crippen LogP) is 17.6. The summed E-state index contributed by atoms with van der Waals surface area (Å²) in [5, 5.41) is 4.83. The van der Waals surface area contributed by atoms with Crippen molar-refractivity contribution in [2.24, 2.45) is 0 Å². The zero-order valence-corrected chi connectivity index (χ0v) is 40.8. The number of para-hydroxylation sites is 1. The Balaban J connectivity index is 0.880. The molecule has 9 aromatic carbocycles. The molecule has 0 N–H and O–H groups in total. The lowest BCUT2D eigenvalue weighted by Crippen LogP contribution is -1.96. The molecule has 1 aliphatic carbocycles. The Hall–Kier alpha value is -9.97. The maximum Gasteiger partial charge on any atom is 0.0708 e. The first-order valence-electron chi connectivity index (χ1n) is 25.6. The summed E-state index contributed by atoms with van der Waals surface area (Å²) in [5.74, 6) is 0. The minimum absolute atomic E-state index is 0.892. The molecule has 15 rings (SSSR count). The molecule has 5 heteroatoms. The number of nitrogens with zero attached hydrogens (tertiary/aromatic N) is 5. The van der Waals surface area contributed by atoms with E-state index in [9.17, 15) is 0 Å². The molecule has 5 heterocycles. The third-order valence-electron chi connectivity index (χ3n) is 15.3. The molecule has 350 valence electrons. The summed E-state index contributed by atoms with van der Waals surface area (Å²) in [4.78, 5) is 14.3. The molecule has 0 radical (unpaired) electrons. The zero-order chi connectivity index (χ0) is 49.4. The van der Waals surface area contributed by atoms with Gasteiger partial charge in [0.15, 0.2) is 0 Å². The fourth-order valence-corrected chi connectivity index (χ4v) is 11.9. The van der Waals surface area contributed by atoms with Gasteiger partial charge in [-0.15, -0.1) is 0 Å². The first-order valence-corrected chi connectivity index (χ1v) is 25.6. The Kier molecular flexibility index (Phi) is 9.88. The van der Waals surface area contributed by atoms with Gasteiger partial charge in [0.25, 0.3) is 0 Å². The molecule has 0 aliphatic heterocycles. The molecule has 0 unspecified atom stereocenters. The number of aromatic nitrogens is 5. The molecule has 0 saturated heterocycles. The Morgan fingerprint density at radius 2 is 0.600 bits per heavy atom. The van der Waals surface area contributed by atoms with Crippen molar-refractivity contribution in [3.05, 3.63) is 272 Å². The standard InChI is InChI=1S/C70H45N5/c1-4-18-55(64-22-9-12-36-71-64)52(15-1)47-28-33-68-61(40-47)58-21-7-8-25-67(58)74(68)50-31-26-45-39-46-27-32-51(44-60(46)59(45)43-50)75-69-34-29-48(53-16-2-5-19-56(53)65-23-10-13-37-72-65)41-62(69)63-42-49(30-35-70(63)75)54-17-3-6-20-57(54)66-24-11-14-38-73-66/h1-38,40-44H,39H2. The Morgan fingerprint density at radius 3 is 1.00 bits per heavy atom. The maximum atomic E-state index is 4.77. The van der Waals surface area contributed by atoms with Gasteiger partial charge in [0, 0.05) is 68.2 Å². The van der Waals surface area contributed by atoms with Crippen LogP contribution in [0.25, 0.3) is 133 Å². The van der Waals surface area contributed by atoms with Crippen LogP contribution in [-0.2, 0) is 6.42 Å². The minimum atomic E-state index is 0.892. The number of hydrogen-bond acceptors (Lipinski definition) is 3. The predicted molar refractivity (Wildman–Crippen MR) is 309 cm³/mol. The molecule has 1 aliphatic rings. The van der Waals surface area contributed by atoms with Crippen molar-refractivity contribution in [1.29, 1.82) is 0 Å². The van der Waals surface area contributed by atoms with Gasteiger partial charge in [-0.2, -0.15) is 0 Å². The van der Waals surface area contributed by atoms with E-state index in [4.69, 9.17) is 15.0 Å². The van der Waals surface area contributed by atoms with Crippen LogP contribution < -0.4 is 0 Å². The first kappa shape index (κ1) is 42.7. The molecule has 0 amide bonds. The summed E-state index contributed by atoms with van der Waals surface area (Å²) in [6.07, 6.45) is 6.50. The van der Waals surface area contributed by atoms with Gasteiger partial charge < -0.3 is 9.13 Å². The number of hydrogen-bond donors (Lipinski definition) is 0. The molecule has 5 aromatic heterocycles. The average molecular weight is 956 g/mol. The van der Waals surface area contributed by atoms with E-state index in [1.165, 1.54) is 66.0 Å². The Labute approximate surface area is 434 Å². The third kappa shape index (κ3) is 7.04. The van der Waals surface area contributed by atoms with Gasteiger partial charge in [-0.1, -0.05) is 140 Å². The van der Waals surface area contributed by atoms with Crippen LogP contribution in [0.1, 0.15) is 11.1 Å². The van der Waals surface area contributed by atoms with Crippen molar-refractivity contribution in [2.45, 2.75) is 6.42 Å². The molecule has 14 aromatic rings. The highest BCUT2D eigenvalue weighted by molar-refractivity contribution is 6.13. The monoisotopic (exact) mass is 955 g/mol. The van der Waals surface area contributed by atoms with Gasteiger partial charge in [0.05, 0.1) is 39.1 Å². The van der Waals surface area contributed by atoms with Crippen LogP contribution in [0.5, 0.6) is 0 Å². The van der Waals surface area contributed by atoms with Crippen LogP contribution in [0.3, 0.4) is 0 Å². The SMILES string of the molecule is c1ccc(-c2ccccc2-c2ccc3c(c2)c2ccccc2n3-c2ccc3c(c2)-c2cc(-n4c5ccc(-c6ccccc6-c6ccccn6)cc5c5cc(-c6ccccc6-c6ccccn6)ccc54)ccc2C3)nc1. The van der Waals surface area contributed by atoms with Crippen molar-refractivity contribution >= 4 is 43.6 Å². The van der Waals surface area contributed by atoms with E-state index < -0.39 is 0 Å². The van der Waals surface area contributed by atoms with Crippen molar-refractivity contribution in [2.75, 3.05) is 0 Å². The van der Waals surface area contributed by atoms with Gasteiger partial charge in [0.2, 0.25) is 0 Å². The van der Waals surface area contributed by atoms with Crippen LogP contribution in [0.2, 0.25) is 0 Å². The van der Waals surface area contributed by atoms with Crippen LogP contribution in [0.4, 0.5) is 0 Å². The lowest BCUT2D eigenvalue weighted by atomic mass is 9.94. The third-order valence-corrected chi connectivity index (χ3v) is 15.3. The first-order chi connectivity index (χ1) is 37.2. The molecule has 0 atom stereocenters. The largest absolute Gasteiger partial charge is 0.309 e. The highest BCUT2D eigenvalue weighted by atomic mass is 15.0. The van der Waals surface area contributed by atoms with Crippen molar-refractivity contribution in [1.82, 2.24) is 24.1 Å². The zero-order valence-electron chi connectivity index (χ0n) is 40.8. The molecular weight excluding hydrogens is 911 g/mol.